The third-order valence-corrected chi connectivity index (χ3v) is 2.46. The summed E-state index contributed by atoms with van der Waals surface area (Å²) in [6, 6.07) is 0. The van der Waals surface area contributed by atoms with Crippen molar-refractivity contribution >= 4 is 11.8 Å². The summed E-state index contributed by atoms with van der Waals surface area (Å²) >= 11 is 0. The van der Waals surface area contributed by atoms with Crippen LogP contribution >= 0.6 is 0 Å². The van der Waals surface area contributed by atoms with Crippen LogP contribution in [0.25, 0.3) is 0 Å². The van der Waals surface area contributed by atoms with E-state index in [9.17, 15) is 9.59 Å². The number of hydrogen-bond acceptors (Lipinski definition) is 3. The average molecular weight is 196 g/mol. The van der Waals surface area contributed by atoms with E-state index in [0.717, 1.165) is 19.3 Å². The Morgan fingerprint density at radius 1 is 1.57 bits per heavy atom. The fourth-order valence-corrected chi connectivity index (χ4v) is 1.68. The molecule has 0 aromatic carbocycles. The van der Waals surface area contributed by atoms with Crippen LogP contribution in [-0.2, 0) is 14.3 Å². The van der Waals surface area contributed by atoms with Gasteiger partial charge >= 0.3 is 5.97 Å². The van der Waals surface area contributed by atoms with Gasteiger partial charge in [-0.25, -0.2) is 0 Å². The van der Waals surface area contributed by atoms with E-state index in [-0.39, 0.29) is 30.7 Å². The highest BCUT2D eigenvalue weighted by molar-refractivity contribution is 5.85. The quantitative estimate of drug-likeness (QED) is 0.509. The smallest absolute Gasteiger partial charge is 0.306 e. The molecule has 0 spiro atoms. The Balaban J connectivity index is 2.30. The molecule has 1 aliphatic rings. The highest BCUT2D eigenvalue weighted by Crippen LogP contribution is 2.23. The minimum absolute atomic E-state index is 0.0962. The molecule has 1 atom stereocenters. The number of esters is 1. The van der Waals surface area contributed by atoms with Crippen molar-refractivity contribution in [2.75, 3.05) is 6.61 Å². The van der Waals surface area contributed by atoms with Gasteiger partial charge in [-0.05, 0) is 12.8 Å². The lowest BCUT2D eigenvalue weighted by molar-refractivity contribution is -0.146. The number of carbonyl (C=O) groups excluding carboxylic acids is 2. The third-order valence-electron chi connectivity index (χ3n) is 2.46. The molecule has 14 heavy (non-hydrogen) atoms. The lowest BCUT2D eigenvalue weighted by Gasteiger charge is -2.19. The van der Waals surface area contributed by atoms with E-state index >= 15 is 0 Å². The van der Waals surface area contributed by atoms with Crippen molar-refractivity contribution in [3.05, 3.63) is 12.7 Å². The third kappa shape index (κ3) is 3.32. The first-order valence-electron chi connectivity index (χ1n) is 5.03. The molecule has 0 aromatic heterocycles. The van der Waals surface area contributed by atoms with Crippen molar-refractivity contribution in [2.45, 2.75) is 32.1 Å². The van der Waals surface area contributed by atoms with Gasteiger partial charge in [-0.2, -0.15) is 0 Å². The zero-order valence-corrected chi connectivity index (χ0v) is 8.33. The number of ketones is 1. The van der Waals surface area contributed by atoms with Crippen LogP contribution in [0.15, 0.2) is 12.7 Å². The second-order valence-corrected chi connectivity index (χ2v) is 3.58. The molecule has 1 fully saturated rings. The molecule has 3 nitrogen and oxygen atoms in total. The molecular formula is C11H16O3. The Morgan fingerprint density at radius 2 is 2.36 bits per heavy atom. The van der Waals surface area contributed by atoms with Gasteiger partial charge in [0.15, 0.2) is 0 Å². The molecule has 1 aliphatic carbocycles. The van der Waals surface area contributed by atoms with Crippen molar-refractivity contribution in [2.24, 2.45) is 5.92 Å². The number of rotatable bonds is 4. The summed E-state index contributed by atoms with van der Waals surface area (Å²) in [6.07, 6.45) is 5.25. The molecule has 0 amide bonds. The standard InChI is InChI=1S/C11H16O3/c1-2-7-14-11(13)8-9-5-3-4-6-10(9)12/h2,9H,1,3-8H2. The molecule has 78 valence electrons. The van der Waals surface area contributed by atoms with E-state index in [0.29, 0.717) is 6.42 Å². The van der Waals surface area contributed by atoms with Gasteiger partial charge in [0.2, 0.25) is 0 Å². The lowest BCUT2D eigenvalue weighted by Crippen LogP contribution is -2.23. The number of hydrogen-bond donors (Lipinski definition) is 0. The molecule has 0 N–H and O–H groups in total. The van der Waals surface area contributed by atoms with Crippen molar-refractivity contribution in [1.29, 1.82) is 0 Å². The van der Waals surface area contributed by atoms with Gasteiger partial charge in [-0.3, -0.25) is 9.59 Å². The normalized spacial score (nSPS) is 21.7. The Kier molecular flexibility index (Phi) is 4.36. The van der Waals surface area contributed by atoms with E-state index in [1.54, 1.807) is 0 Å². The molecule has 1 rings (SSSR count). The summed E-state index contributed by atoms with van der Waals surface area (Å²) < 4.78 is 4.83. The second-order valence-electron chi connectivity index (χ2n) is 3.58. The van der Waals surface area contributed by atoms with Crippen LogP contribution in [0.3, 0.4) is 0 Å². The molecule has 3 heteroatoms. The van der Waals surface area contributed by atoms with Crippen LogP contribution in [0.4, 0.5) is 0 Å². The maximum atomic E-state index is 11.4. The average Bonchev–Trinajstić information content (AvgIpc) is 2.18. The molecule has 1 saturated carbocycles. The topological polar surface area (TPSA) is 43.4 Å². The minimum Gasteiger partial charge on any atom is -0.461 e. The number of ether oxygens (including phenoxy) is 1. The minimum atomic E-state index is -0.287. The summed E-state index contributed by atoms with van der Waals surface area (Å²) in [5.74, 6) is -0.169. The lowest BCUT2D eigenvalue weighted by atomic mass is 9.86. The largest absolute Gasteiger partial charge is 0.461 e. The van der Waals surface area contributed by atoms with Crippen LogP contribution in [0, 0.1) is 5.92 Å². The van der Waals surface area contributed by atoms with Crippen LogP contribution in [0.5, 0.6) is 0 Å². The van der Waals surface area contributed by atoms with Crippen LogP contribution in [0.2, 0.25) is 0 Å². The fraction of sp³-hybridized carbons (Fsp3) is 0.636. The molecule has 0 heterocycles. The van der Waals surface area contributed by atoms with Gasteiger partial charge < -0.3 is 4.74 Å². The Bertz CT molecular complexity index is 233. The maximum absolute atomic E-state index is 11.4. The first-order valence-corrected chi connectivity index (χ1v) is 5.03. The Morgan fingerprint density at radius 3 is 3.00 bits per heavy atom. The van der Waals surface area contributed by atoms with Gasteiger partial charge in [-0.15, -0.1) is 0 Å². The van der Waals surface area contributed by atoms with E-state index in [4.69, 9.17) is 4.74 Å². The molecule has 0 aromatic rings. The van der Waals surface area contributed by atoms with E-state index < -0.39 is 0 Å². The van der Waals surface area contributed by atoms with Crippen LogP contribution in [-0.4, -0.2) is 18.4 Å². The van der Waals surface area contributed by atoms with Crippen LogP contribution in [0.1, 0.15) is 32.1 Å². The van der Waals surface area contributed by atoms with E-state index in [1.807, 2.05) is 0 Å². The number of carbonyl (C=O) groups is 2. The first-order chi connectivity index (χ1) is 6.74. The van der Waals surface area contributed by atoms with Crippen molar-refractivity contribution in [3.63, 3.8) is 0 Å². The zero-order chi connectivity index (χ0) is 10.4. The van der Waals surface area contributed by atoms with E-state index in [2.05, 4.69) is 6.58 Å². The molecular weight excluding hydrogens is 180 g/mol. The number of Topliss-reactive ketones (excluding diaryl/α,β-unsaturated/α-hetero) is 1. The molecule has 1 unspecified atom stereocenters. The summed E-state index contributed by atoms with van der Waals surface area (Å²) in [5.41, 5.74) is 0. The Hall–Kier alpha value is -1.12. The Labute approximate surface area is 84.1 Å². The van der Waals surface area contributed by atoms with Gasteiger partial charge in [-0.1, -0.05) is 19.1 Å². The van der Waals surface area contributed by atoms with E-state index in [1.165, 1.54) is 6.08 Å². The predicted octanol–water partition coefficient (Wildman–Crippen LogP) is 1.86. The molecule has 0 aliphatic heterocycles. The van der Waals surface area contributed by atoms with Gasteiger partial charge in [0, 0.05) is 12.3 Å². The van der Waals surface area contributed by atoms with Gasteiger partial charge in [0.05, 0.1) is 6.42 Å². The zero-order valence-electron chi connectivity index (χ0n) is 8.33. The van der Waals surface area contributed by atoms with Crippen molar-refractivity contribution in [3.8, 4) is 0 Å². The van der Waals surface area contributed by atoms with Crippen molar-refractivity contribution in [1.82, 2.24) is 0 Å². The summed E-state index contributed by atoms with van der Waals surface area (Å²) in [4.78, 5) is 22.6. The highest BCUT2D eigenvalue weighted by atomic mass is 16.5. The molecule has 0 saturated heterocycles. The monoisotopic (exact) mass is 196 g/mol. The molecule has 0 bridgehead atoms. The van der Waals surface area contributed by atoms with Crippen LogP contribution < -0.4 is 0 Å². The fourth-order valence-electron chi connectivity index (χ4n) is 1.68. The summed E-state index contributed by atoms with van der Waals surface area (Å²) in [7, 11) is 0. The SMILES string of the molecule is C=CCOC(=O)CC1CCCCC1=O. The van der Waals surface area contributed by atoms with Gasteiger partial charge in [0.25, 0.3) is 0 Å². The van der Waals surface area contributed by atoms with Crippen molar-refractivity contribution < 1.29 is 14.3 Å². The highest BCUT2D eigenvalue weighted by Gasteiger charge is 2.24. The summed E-state index contributed by atoms with van der Waals surface area (Å²) in [5, 5.41) is 0. The second kappa shape index (κ2) is 5.58. The maximum Gasteiger partial charge on any atom is 0.306 e. The first kappa shape index (κ1) is 11.0. The molecule has 0 radical (unpaired) electrons. The summed E-state index contributed by atoms with van der Waals surface area (Å²) in [6.45, 7) is 3.69. The van der Waals surface area contributed by atoms with Gasteiger partial charge in [0.1, 0.15) is 12.4 Å². The predicted molar refractivity (Wildman–Crippen MR) is 52.7 cm³/mol.